The van der Waals surface area contributed by atoms with Gasteiger partial charge in [0.15, 0.2) is 0 Å². The summed E-state index contributed by atoms with van der Waals surface area (Å²) < 4.78 is 0. The summed E-state index contributed by atoms with van der Waals surface area (Å²) in [5, 5.41) is 6.14. The van der Waals surface area contributed by atoms with Crippen molar-refractivity contribution in [3.63, 3.8) is 0 Å². The molecule has 0 atom stereocenters. The quantitative estimate of drug-likeness (QED) is 0.578. The minimum Gasteiger partial charge on any atom is -0.355 e. The molecule has 0 aromatic heterocycles. The summed E-state index contributed by atoms with van der Waals surface area (Å²) in [6, 6.07) is 0.540. The van der Waals surface area contributed by atoms with Crippen molar-refractivity contribution in [3.05, 3.63) is 0 Å². The van der Waals surface area contributed by atoms with Crippen molar-refractivity contribution >= 4 is 5.91 Å². The zero-order valence-electron chi connectivity index (χ0n) is 10.5. The van der Waals surface area contributed by atoms with Crippen LogP contribution in [0.25, 0.3) is 0 Å². The van der Waals surface area contributed by atoms with Gasteiger partial charge in [-0.25, -0.2) is 0 Å². The van der Waals surface area contributed by atoms with Gasteiger partial charge >= 0.3 is 0 Å². The molecule has 1 amide bonds. The Labute approximate surface area is 93.4 Å². The number of carbonyl (C=O) groups is 1. The van der Waals surface area contributed by atoms with Crippen LogP contribution in [-0.2, 0) is 4.79 Å². The number of amides is 1. The van der Waals surface area contributed by atoms with Crippen LogP contribution < -0.4 is 10.6 Å². The minimum absolute atomic E-state index is 0.108. The normalized spacial score (nSPS) is 11.1. The van der Waals surface area contributed by atoms with Crippen LogP contribution in [0.4, 0.5) is 0 Å². The van der Waals surface area contributed by atoms with Crippen LogP contribution in [0.1, 0.15) is 27.2 Å². The first-order valence-electron chi connectivity index (χ1n) is 5.74. The molecule has 4 heteroatoms. The van der Waals surface area contributed by atoms with E-state index in [1.807, 2.05) is 18.9 Å². The highest BCUT2D eigenvalue weighted by atomic mass is 16.1. The first kappa shape index (κ1) is 14.4. The lowest BCUT2D eigenvalue weighted by atomic mass is 10.3. The molecule has 0 heterocycles. The second-order valence-electron chi connectivity index (χ2n) is 4.15. The topological polar surface area (TPSA) is 44.4 Å². The molecular weight excluding hydrogens is 190 g/mol. The molecule has 90 valence electrons. The molecule has 0 unspecified atom stereocenters. The van der Waals surface area contributed by atoms with Crippen LogP contribution in [0.5, 0.6) is 0 Å². The van der Waals surface area contributed by atoms with Crippen LogP contribution in [0.15, 0.2) is 0 Å². The molecule has 0 aliphatic heterocycles. The van der Waals surface area contributed by atoms with Gasteiger partial charge in [0, 0.05) is 12.6 Å². The van der Waals surface area contributed by atoms with Gasteiger partial charge in [-0.3, -0.25) is 9.69 Å². The van der Waals surface area contributed by atoms with Gasteiger partial charge in [-0.1, -0.05) is 13.8 Å². The van der Waals surface area contributed by atoms with Gasteiger partial charge in [0.2, 0.25) is 5.91 Å². The van der Waals surface area contributed by atoms with Crippen LogP contribution in [0.3, 0.4) is 0 Å². The molecule has 0 saturated heterocycles. The second-order valence-corrected chi connectivity index (χ2v) is 4.15. The third kappa shape index (κ3) is 9.69. The number of rotatable bonds is 8. The SMILES string of the molecule is CCNC(=O)CN(C)CCCNC(C)C. The van der Waals surface area contributed by atoms with E-state index < -0.39 is 0 Å². The lowest BCUT2D eigenvalue weighted by molar-refractivity contribution is -0.121. The second kappa shape index (κ2) is 8.68. The smallest absolute Gasteiger partial charge is 0.234 e. The fraction of sp³-hybridized carbons (Fsp3) is 0.909. The van der Waals surface area contributed by atoms with Crippen LogP contribution in [0.2, 0.25) is 0 Å². The van der Waals surface area contributed by atoms with Gasteiger partial charge in [0.1, 0.15) is 0 Å². The fourth-order valence-corrected chi connectivity index (χ4v) is 1.32. The Morgan fingerprint density at radius 3 is 2.60 bits per heavy atom. The summed E-state index contributed by atoms with van der Waals surface area (Å²) in [7, 11) is 1.98. The van der Waals surface area contributed by atoms with Crippen molar-refractivity contribution < 1.29 is 4.79 Å². The highest BCUT2D eigenvalue weighted by Gasteiger charge is 2.04. The zero-order valence-corrected chi connectivity index (χ0v) is 10.5. The molecule has 0 rings (SSSR count). The summed E-state index contributed by atoms with van der Waals surface area (Å²) in [5.74, 6) is 0.108. The fourth-order valence-electron chi connectivity index (χ4n) is 1.32. The summed E-state index contributed by atoms with van der Waals surface area (Å²) in [6.45, 7) is 9.38. The van der Waals surface area contributed by atoms with Gasteiger partial charge < -0.3 is 10.6 Å². The summed E-state index contributed by atoms with van der Waals surface area (Å²) >= 11 is 0. The van der Waals surface area contributed by atoms with Crippen LogP contribution >= 0.6 is 0 Å². The Hall–Kier alpha value is -0.610. The first-order valence-corrected chi connectivity index (χ1v) is 5.74. The molecule has 0 fully saturated rings. The number of hydrogen-bond acceptors (Lipinski definition) is 3. The molecule has 0 aliphatic carbocycles. The van der Waals surface area contributed by atoms with Crippen molar-refractivity contribution in [1.29, 1.82) is 0 Å². The lowest BCUT2D eigenvalue weighted by Crippen LogP contribution is -2.36. The molecule has 0 radical (unpaired) electrons. The first-order chi connectivity index (χ1) is 7.06. The maximum atomic E-state index is 11.2. The molecule has 4 nitrogen and oxygen atoms in total. The molecule has 0 aliphatic rings. The molecule has 0 aromatic carbocycles. The Morgan fingerprint density at radius 1 is 1.40 bits per heavy atom. The van der Waals surface area contributed by atoms with E-state index in [1.165, 1.54) is 0 Å². The average molecular weight is 215 g/mol. The zero-order chi connectivity index (χ0) is 11.7. The van der Waals surface area contributed by atoms with Crippen molar-refractivity contribution in [2.75, 3.05) is 33.2 Å². The predicted molar refractivity (Wildman–Crippen MR) is 63.9 cm³/mol. The maximum Gasteiger partial charge on any atom is 0.234 e. The van der Waals surface area contributed by atoms with Gasteiger partial charge in [0.05, 0.1) is 6.54 Å². The molecular formula is C11H25N3O. The lowest BCUT2D eigenvalue weighted by Gasteiger charge is -2.16. The van der Waals surface area contributed by atoms with Gasteiger partial charge in [-0.2, -0.15) is 0 Å². The van der Waals surface area contributed by atoms with Crippen LogP contribution in [-0.4, -0.2) is 50.1 Å². The maximum absolute atomic E-state index is 11.2. The number of nitrogens with one attached hydrogen (secondary N) is 2. The van der Waals surface area contributed by atoms with E-state index in [9.17, 15) is 4.79 Å². The standard InChI is InChI=1S/C11H25N3O/c1-5-12-11(15)9-14(4)8-6-7-13-10(2)3/h10,13H,5-9H2,1-4H3,(H,12,15). The van der Waals surface area contributed by atoms with E-state index in [0.29, 0.717) is 19.1 Å². The Balaban J connectivity index is 3.40. The Bertz CT molecular complexity index is 171. The predicted octanol–water partition coefficient (Wildman–Crippen LogP) is 0.442. The third-order valence-corrected chi connectivity index (χ3v) is 2.06. The van der Waals surface area contributed by atoms with E-state index in [4.69, 9.17) is 0 Å². The Kier molecular flexibility index (Phi) is 8.33. The van der Waals surface area contributed by atoms with Gasteiger partial charge in [-0.15, -0.1) is 0 Å². The summed E-state index contributed by atoms with van der Waals surface area (Å²) in [6.07, 6.45) is 1.08. The molecule has 0 spiro atoms. The number of likely N-dealkylation sites (N-methyl/N-ethyl adjacent to an activating group) is 2. The van der Waals surface area contributed by atoms with Crippen molar-refractivity contribution in [3.8, 4) is 0 Å². The minimum atomic E-state index is 0.108. The largest absolute Gasteiger partial charge is 0.355 e. The molecule has 15 heavy (non-hydrogen) atoms. The third-order valence-electron chi connectivity index (χ3n) is 2.06. The van der Waals surface area contributed by atoms with E-state index in [1.54, 1.807) is 0 Å². The Morgan fingerprint density at radius 2 is 2.07 bits per heavy atom. The van der Waals surface area contributed by atoms with E-state index in [2.05, 4.69) is 24.5 Å². The average Bonchev–Trinajstić information content (AvgIpc) is 2.12. The molecule has 2 N–H and O–H groups in total. The van der Waals surface area contributed by atoms with Gasteiger partial charge in [-0.05, 0) is 33.5 Å². The molecule has 0 aromatic rings. The van der Waals surface area contributed by atoms with Crippen molar-refractivity contribution in [2.24, 2.45) is 0 Å². The van der Waals surface area contributed by atoms with Crippen LogP contribution in [0, 0.1) is 0 Å². The number of nitrogens with zero attached hydrogens (tertiary/aromatic N) is 1. The van der Waals surface area contributed by atoms with E-state index in [0.717, 1.165) is 19.5 Å². The monoisotopic (exact) mass is 215 g/mol. The highest BCUT2D eigenvalue weighted by Crippen LogP contribution is 1.87. The number of hydrogen-bond donors (Lipinski definition) is 2. The van der Waals surface area contributed by atoms with Gasteiger partial charge in [0.25, 0.3) is 0 Å². The van der Waals surface area contributed by atoms with E-state index >= 15 is 0 Å². The molecule has 0 saturated carbocycles. The highest BCUT2D eigenvalue weighted by molar-refractivity contribution is 5.77. The van der Waals surface area contributed by atoms with Crippen molar-refractivity contribution in [2.45, 2.75) is 33.2 Å². The van der Waals surface area contributed by atoms with E-state index in [-0.39, 0.29) is 5.91 Å². The summed E-state index contributed by atoms with van der Waals surface area (Å²) in [5.41, 5.74) is 0. The number of carbonyl (C=O) groups excluding carboxylic acids is 1. The van der Waals surface area contributed by atoms with Crippen molar-refractivity contribution in [1.82, 2.24) is 15.5 Å². The summed E-state index contributed by atoms with van der Waals surface area (Å²) in [4.78, 5) is 13.3. The molecule has 0 bridgehead atoms.